The van der Waals surface area contributed by atoms with Crippen molar-refractivity contribution in [3.63, 3.8) is 0 Å². The minimum Gasteiger partial charge on any atom is -0.346 e. The molecular weight excluding hydrogens is 294 g/mol. The smallest absolute Gasteiger partial charge is 0.223 e. The van der Waals surface area contributed by atoms with E-state index in [1.54, 1.807) is 0 Å². The second-order valence-electron chi connectivity index (χ2n) is 6.58. The Hall–Kier alpha value is -2.35. The van der Waals surface area contributed by atoms with Crippen LogP contribution in [0, 0.1) is 5.92 Å². The molecule has 2 aromatic carbocycles. The molecule has 0 heterocycles. The van der Waals surface area contributed by atoms with Gasteiger partial charge < -0.3 is 5.32 Å². The number of benzene rings is 2. The zero-order valence-electron chi connectivity index (χ0n) is 14.2. The third kappa shape index (κ3) is 3.94. The molecule has 0 aromatic heterocycles. The monoisotopic (exact) mass is 319 g/mol. The number of amides is 1. The van der Waals surface area contributed by atoms with Crippen LogP contribution in [0.25, 0.3) is 6.08 Å². The van der Waals surface area contributed by atoms with Gasteiger partial charge in [-0.05, 0) is 36.8 Å². The second kappa shape index (κ2) is 7.48. The van der Waals surface area contributed by atoms with Gasteiger partial charge in [0.2, 0.25) is 5.91 Å². The summed E-state index contributed by atoms with van der Waals surface area (Å²) in [6.07, 6.45) is 8.03. The van der Waals surface area contributed by atoms with Gasteiger partial charge in [-0.15, -0.1) is 0 Å². The van der Waals surface area contributed by atoms with Crippen LogP contribution in [0.4, 0.5) is 0 Å². The molecule has 1 aliphatic rings. The maximum Gasteiger partial charge on any atom is 0.223 e. The van der Waals surface area contributed by atoms with Crippen molar-refractivity contribution in [2.24, 2.45) is 5.92 Å². The molecule has 2 aromatic rings. The fraction of sp³-hybridized carbons (Fsp3) is 0.318. The van der Waals surface area contributed by atoms with Crippen LogP contribution in [0.1, 0.15) is 43.7 Å². The van der Waals surface area contributed by atoms with E-state index in [0.29, 0.717) is 0 Å². The Morgan fingerprint density at radius 3 is 2.29 bits per heavy atom. The first-order valence-corrected chi connectivity index (χ1v) is 8.83. The Morgan fingerprint density at radius 1 is 1.08 bits per heavy atom. The Morgan fingerprint density at radius 2 is 1.71 bits per heavy atom. The van der Waals surface area contributed by atoms with Crippen molar-refractivity contribution in [1.29, 1.82) is 0 Å². The maximum absolute atomic E-state index is 12.5. The lowest BCUT2D eigenvalue weighted by Crippen LogP contribution is -2.45. The fourth-order valence-corrected chi connectivity index (χ4v) is 3.08. The van der Waals surface area contributed by atoms with Gasteiger partial charge in [-0.1, -0.05) is 79.7 Å². The van der Waals surface area contributed by atoms with Crippen molar-refractivity contribution in [2.75, 3.05) is 0 Å². The molecule has 124 valence electrons. The summed E-state index contributed by atoms with van der Waals surface area (Å²) >= 11 is 0. The van der Waals surface area contributed by atoms with Crippen LogP contribution in [-0.2, 0) is 10.3 Å². The standard InChI is InChI=1S/C22H25NO/c1-2-22(20-13-7-4-8-14-20,23-21(24)19-15-16-19)17-9-12-18-10-5-3-6-11-18/h3-14,19H,2,15-17H2,1H3,(H,23,24)/b12-9+. The summed E-state index contributed by atoms with van der Waals surface area (Å²) in [6.45, 7) is 2.15. The minimum atomic E-state index is -0.327. The van der Waals surface area contributed by atoms with Crippen LogP contribution in [0.3, 0.4) is 0 Å². The van der Waals surface area contributed by atoms with Gasteiger partial charge >= 0.3 is 0 Å². The predicted octanol–water partition coefficient (Wildman–Crippen LogP) is 4.92. The van der Waals surface area contributed by atoms with E-state index in [2.05, 4.69) is 48.7 Å². The molecule has 0 bridgehead atoms. The Bertz CT molecular complexity index is 688. The highest BCUT2D eigenvalue weighted by atomic mass is 16.2. The molecule has 1 atom stereocenters. The van der Waals surface area contributed by atoms with E-state index in [1.165, 1.54) is 11.1 Å². The van der Waals surface area contributed by atoms with Crippen molar-refractivity contribution in [1.82, 2.24) is 5.32 Å². The zero-order chi connectivity index (χ0) is 16.8. The predicted molar refractivity (Wildman–Crippen MR) is 99.4 cm³/mol. The molecule has 1 fully saturated rings. The Labute approximate surface area is 144 Å². The van der Waals surface area contributed by atoms with Crippen molar-refractivity contribution in [2.45, 2.75) is 38.1 Å². The molecule has 1 amide bonds. The highest BCUT2D eigenvalue weighted by molar-refractivity contribution is 5.81. The number of hydrogen-bond donors (Lipinski definition) is 1. The average Bonchev–Trinajstić information content (AvgIpc) is 3.48. The average molecular weight is 319 g/mol. The van der Waals surface area contributed by atoms with Crippen LogP contribution in [0.2, 0.25) is 0 Å². The highest BCUT2D eigenvalue weighted by Crippen LogP contribution is 2.34. The Balaban J connectivity index is 1.82. The normalized spacial score (nSPS) is 16.7. The zero-order valence-corrected chi connectivity index (χ0v) is 14.2. The molecule has 2 nitrogen and oxygen atoms in total. The van der Waals surface area contributed by atoms with Crippen LogP contribution in [-0.4, -0.2) is 5.91 Å². The number of rotatable bonds is 7. The molecule has 24 heavy (non-hydrogen) atoms. The van der Waals surface area contributed by atoms with E-state index in [0.717, 1.165) is 25.7 Å². The maximum atomic E-state index is 12.5. The molecule has 1 N–H and O–H groups in total. The van der Waals surface area contributed by atoms with E-state index in [-0.39, 0.29) is 17.4 Å². The largest absolute Gasteiger partial charge is 0.346 e. The SMILES string of the molecule is CCC(C/C=C/c1ccccc1)(NC(=O)C1CC1)c1ccccc1. The quantitative estimate of drug-likeness (QED) is 0.771. The molecule has 0 radical (unpaired) electrons. The van der Waals surface area contributed by atoms with Crippen LogP contribution in [0.15, 0.2) is 66.7 Å². The molecule has 0 spiro atoms. The fourth-order valence-electron chi connectivity index (χ4n) is 3.08. The van der Waals surface area contributed by atoms with Gasteiger partial charge in [0.1, 0.15) is 0 Å². The van der Waals surface area contributed by atoms with Gasteiger partial charge in [0, 0.05) is 5.92 Å². The first-order chi connectivity index (χ1) is 11.7. The second-order valence-corrected chi connectivity index (χ2v) is 6.58. The topological polar surface area (TPSA) is 29.1 Å². The highest BCUT2D eigenvalue weighted by Gasteiger charge is 2.37. The van der Waals surface area contributed by atoms with Crippen LogP contribution >= 0.6 is 0 Å². The van der Waals surface area contributed by atoms with E-state index in [9.17, 15) is 4.79 Å². The lowest BCUT2D eigenvalue weighted by molar-refractivity contribution is -0.124. The first kappa shape index (κ1) is 16.5. The van der Waals surface area contributed by atoms with Crippen molar-refractivity contribution < 1.29 is 4.79 Å². The summed E-state index contributed by atoms with van der Waals surface area (Å²) in [7, 11) is 0. The van der Waals surface area contributed by atoms with Crippen molar-refractivity contribution in [3.05, 3.63) is 77.9 Å². The van der Waals surface area contributed by atoms with Gasteiger partial charge in [-0.25, -0.2) is 0 Å². The summed E-state index contributed by atoms with van der Waals surface area (Å²) < 4.78 is 0. The van der Waals surface area contributed by atoms with Gasteiger partial charge in [0.05, 0.1) is 5.54 Å². The summed E-state index contributed by atoms with van der Waals surface area (Å²) in [4.78, 5) is 12.5. The minimum absolute atomic E-state index is 0.203. The van der Waals surface area contributed by atoms with Gasteiger partial charge in [0.15, 0.2) is 0 Å². The molecule has 3 rings (SSSR count). The first-order valence-electron chi connectivity index (χ1n) is 8.83. The molecule has 0 aliphatic heterocycles. The summed E-state index contributed by atoms with van der Waals surface area (Å²) in [5.74, 6) is 0.423. The van der Waals surface area contributed by atoms with E-state index >= 15 is 0 Å². The molecular formula is C22H25NO. The lowest BCUT2D eigenvalue weighted by atomic mass is 9.83. The van der Waals surface area contributed by atoms with Gasteiger partial charge in [-0.2, -0.15) is 0 Å². The summed E-state index contributed by atoms with van der Waals surface area (Å²) in [5.41, 5.74) is 2.04. The van der Waals surface area contributed by atoms with Gasteiger partial charge in [-0.3, -0.25) is 4.79 Å². The van der Waals surface area contributed by atoms with Crippen molar-refractivity contribution >= 4 is 12.0 Å². The van der Waals surface area contributed by atoms with Gasteiger partial charge in [0.25, 0.3) is 0 Å². The molecule has 2 heteroatoms. The number of carbonyl (C=O) groups excluding carboxylic acids is 1. The lowest BCUT2D eigenvalue weighted by Gasteiger charge is -2.34. The number of hydrogen-bond acceptors (Lipinski definition) is 1. The molecule has 1 unspecified atom stereocenters. The third-order valence-corrected chi connectivity index (χ3v) is 4.82. The molecule has 0 saturated heterocycles. The Kier molecular flexibility index (Phi) is 5.14. The van der Waals surface area contributed by atoms with E-state index < -0.39 is 0 Å². The van der Waals surface area contributed by atoms with E-state index in [1.807, 2.05) is 36.4 Å². The third-order valence-electron chi connectivity index (χ3n) is 4.82. The van der Waals surface area contributed by atoms with Crippen molar-refractivity contribution in [3.8, 4) is 0 Å². The van der Waals surface area contributed by atoms with Crippen LogP contribution < -0.4 is 5.32 Å². The van der Waals surface area contributed by atoms with Crippen LogP contribution in [0.5, 0.6) is 0 Å². The number of carbonyl (C=O) groups is 1. The summed E-state index contributed by atoms with van der Waals surface area (Å²) in [5, 5.41) is 3.35. The summed E-state index contributed by atoms with van der Waals surface area (Å²) in [6, 6.07) is 20.6. The molecule has 1 saturated carbocycles. The number of nitrogens with one attached hydrogen (secondary N) is 1. The molecule has 1 aliphatic carbocycles. The van der Waals surface area contributed by atoms with E-state index in [4.69, 9.17) is 0 Å².